The third-order valence-corrected chi connectivity index (χ3v) is 7.29. The third kappa shape index (κ3) is 5.60. The van der Waals surface area contributed by atoms with E-state index in [1.807, 2.05) is 29.2 Å². The van der Waals surface area contributed by atoms with Gasteiger partial charge in [0.15, 0.2) is 5.65 Å². The lowest BCUT2D eigenvalue weighted by Crippen LogP contribution is -2.49. The highest BCUT2D eigenvalue weighted by Crippen LogP contribution is 2.25. The molecule has 2 aliphatic rings. The second-order valence-electron chi connectivity index (χ2n) is 9.81. The van der Waals surface area contributed by atoms with Crippen molar-refractivity contribution >= 4 is 28.0 Å². The summed E-state index contributed by atoms with van der Waals surface area (Å²) in [4.78, 5) is 38.6. The van der Waals surface area contributed by atoms with E-state index in [4.69, 9.17) is 4.74 Å². The number of fused-ring (bicyclic) bond motifs is 2. The monoisotopic (exact) mass is 465 g/mol. The van der Waals surface area contributed by atoms with Gasteiger partial charge in [-0.25, -0.2) is 9.78 Å². The molecule has 1 saturated heterocycles. The quantitative estimate of drug-likeness (QED) is 0.495. The first-order valence-corrected chi connectivity index (χ1v) is 12.8. The van der Waals surface area contributed by atoms with Crippen molar-refractivity contribution < 1.29 is 9.53 Å². The number of nitrogens with one attached hydrogen (secondary N) is 2. The van der Waals surface area contributed by atoms with Gasteiger partial charge in [-0.3, -0.25) is 14.7 Å². The Kier molecular flexibility index (Phi) is 7.13. The van der Waals surface area contributed by atoms with Gasteiger partial charge in [0.2, 0.25) is 5.91 Å². The second kappa shape index (κ2) is 10.6. The molecular weight excluding hydrogens is 430 g/mol. The van der Waals surface area contributed by atoms with E-state index in [9.17, 15) is 9.59 Å². The molecule has 0 spiro atoms. The van der Waals surface area contributed by atoms with Crippen molar-refractivity contribution in [2.75, 3.05) is 39.3 Å². The molecule has 3 aromatic rings. The molecule has 8 nitrogen and oxygen atoms in total. The SMILES string of the molecule is O=C(CCCCOc1ccc2nc3[nH]c(=O)[nH]c3cc2c1)N1CCN(CC2CCCCC2)CC1. The van der Waals surface area contributed by atoms with Crippen LogP contribution in [0.15, 0.2) is 29.1 Å². The first kappa shape index (κ1) is 22.9. The Labute approximate surface area is 199 Å². The second-order valence-corrected chi connectivity index (χ2v) is 9.81. The van der Waals surface area contributed by atoms with Crippen LogP contribution in [-0.4, -0.2) is 70.0 Å². The normalized spacial score (nSPS) is 18.1. The average Bonchev–Trinajstić information content (AvgIpc) is 3.22. The molecule has 1 aliphatic carbocycles. The highest BCUT2D eigenvalue weighted by atomic mass is 16.5. The molecule has 1 aliphatic heterocycles. The van der Waals surface area contributed by atoms with Crippen molar-refractivity contribution in [3.63, 3.8) is 0 Å². The highest BCUT2D eigenvalue weighted by Gasteiger charge is 2.23. The fraction of sp³-hybridized carbons (Fsp3) is 0.577. The Balaban J connectivity index is 1.01. The summed E-state index contributed by atoms with van der Waals surface area (Å²) in [7, 11) is 0. The number of piperazine rings is 1. The van der Waals surface area contributed by atoms with E-state index in [1.165, 1.54) is 38.6 Å². The topological polar surface area (TPSA) is 94.3 Å². The number of unbranched alkanes of at least 4 members (excludes halogenated alkanes) is 1. The minimum atomic E-state index is -0.259. The maximum Gasteiger partial charge on any atom is 0.325 e. The molecule has 1 aromatic carbocycles. The van der Waals surface area contributed by atoms with Gasteiger partial charge in [-0.2, -0.15) is 0 Å². The molecular formula is C26H35N5O3. The number of aromatic nitrogens is 3. The number of pyridine rings is 1. The fourth-order valence-corrected chi connectivity index (χ4v) is 5.34. The number of carbonyl (C=O) groups is 1. The van der Waals surface area contributed by atoms with E-state index in [1.54, 1.807) is 0 Å². The van der Waals surface area contributed by atoms with Crippen LogP contribution in [0.5, 0.6) is 5.75 Å². The zero-order chi connectivity index (χ0) is 23.3. The van der Waals surface area contributed by atoms with Gasteiger partial charge in [-0.1, -0.05) is 19.3 Å². The summed E-state index contributed by atoms with van der Waals surface area (Å²) in [5.74, 6) is 1.92. The van der Waals surface area contributed by atoms with Crippen LogP contribution in [0.2, 0.25) is 0 Å². The lowest BCUT2D eigenvalue weighted by molar-refractivity contribution is -0.133. The molecule has 182 valence electrons. The molecule has 2 N–H and O–H groups in total. The van der Waals surface area contributed by atoms with Crippen LogP contribution in [0, 0.1) is 5.92 Å². The van der Waals surface area contributed by atoms with E-state index < -0.39 is 0 Å². The van der Waals surface area contributed by atoms with Crippen molar-refractivity contribution in [3.8, 4) is 5.75 Å². The van der Waals surface area contributed by atoms with Crippen LogP contribution < -0.4 is 10.4 Å². The number of amides is 1. The Hall–Kier alpha value is -2.87. The van der Waals surface area contributed by atoms with E-state index in [-0.39, 0.29) is 11.6 Å². The van der Waals surface area contributed by atoms with Crippen LogP contribution >= 0.6 is 0 Å². The number of H-pyrrole nitrogens is 2. The summed E-state index contributed by atoms with van der Waals surface area (Å²) in [6.45, 7) is 5.57. The fourth-order valence-electron chi connectivity index (χ4n) is 5.34. The molecule has 5 rings (SSSR count). The van der Waals surface area contributed by atoms with Crippen molar-refractivity contribution in [3.05, 3.63) is 34.7 Å². The molecule has 0 radical (unpaired) electrons. The maximum absolute atomic E-state index is 12.6. The number of carbonyl (C=O) groups excluding carboxylic acids is 1. The van der Waals surface area contributed by atoms with Gasteiger partial charge in [-0.05, 0) is 55.9 Å². The van der Waals surface area contributed by atoms with Crippen LogP contribution in [0.4, 0.5) is 0 Å². The number of imidazole rings is 1. The van der Waals surface area contributed by atoms with Gasteiger partial charge < -0.3 is 14.6 Å². The Bertz CT molecular complexity index is 1170. The molecule has 0 unspecified atom stereocenters. The van der Waals surface area contributed by atoms with Crippen molar-refractivity contribution in [2.24, 2.45) is 5.92 Å². The van der Waals surface area contributed by atoms with Gasteiger partial charge in [0.05, 0.1) is 17.6 Å². The molecule has 2 fully saturated rings. The van der Waals surface area contributed by atoms with Crippen LogP contribution in [0.25, 0.3) is 22.1 Å². The van der Waals surface area contributed by atoms with Crippen molar-refractivity contribution in [1.29, 1.82) is 0 Å². The zero-order valence-corrected chi connectivity index (χ0v) is 19.9. The Morgan fingerprint density at radius 2 is 1.85 bits per heavy atom. The lowest BCUT2D eigenvalue weighted by Gasteiger charge is -2.37. The van der Waals surface area contributed by atoms with Gasteiger partial charge in [0, 0.05) is 44.5 Å². The molecule has 0 atom stereocenters. The minimum absolute atomic E-state index is 0.259. The molecule has 0 bridgehead atoms. The van der Waals surface area contributed by atoms with Crippen LogP contribution in [-0.2, 0) is 4.79 Å². The molecule has 1 saturated carbocycles. The Morgan fingerprint density at radius 3 is 2.68 bits per heavy atom. The van der Waals surface area contributed by atoms with Crippen molar-refractivity contribution in [2.45, 2.75) is 51.4 Å². The average molecular weight is 466 g/mol. The number of nitrogens with zero attached hydrogens (tertiary/aromatic N) is 3. The van der Waals surface area contributed by atoms with E-state index in [2.05, 4.69) is 19.9 Å². The molecule has 3 heterocycles. The van der Waals surface area contributed by atoms with Gasteiger partial charge in [0.25, 0.3) is 0 Å². The van der Waals surface area contributed by atoms with Crippen molar-refractivity contribution in [1.82, 2.24) is 24.8 Å². The molecule has 1 amide bonds. The molecule has 34 heavy (non-hydrogen) atoms. The predicted molar refractivity (Wildman–Crippen MR) is 133 cm³/mol. The summed E-state index contributed by atoms with van der Waals surface area (Å²) in [6.07, 6.45) is 9.23. The molecule has 8 heteroatoms. The van der Waals surface area contributed by atoms with E-state index in [0.717, 1.165) is 61.6 Å². The summed E-state index contributed by atoms with van der Waals surface area (Å²) in [5.41, 5.74) is 1.79. The van der Waals surface area contributed by atoms with Gasteiger partial charge in [-0.15, -0.1) is 0 Å². The first-order chi connectivity index (χ1) is 16.6. The smallest absolute Gasteiger partial charge is 0.325 e. The molecule has 2 aromatic heterocycles. The Morgan fingerprint density at radius 1 is 1.03 bits per heavy atom. The summed E-state index contributed by atoms with van der Waals surface area (Å²) < 4.78 is 5.91. The third-order valence-electron chi connectivity index (χ3n) is 7.29. The number of aromatic amines is 2. The number of ether oxygens (including phenoxy) is 1. The van der Waals surface area contributed by atoms with E-state index >= 15 is 0 Å². The predicted octanol–water partition coefficient (Wildman–Crippen LogP) is 3.68. The lowest BCUT2D eigenvalue weighted by atomic mass is 9.89. The zero-order valence-electron chi connectivity index (χ0n) is 19.9. The van der Waals surface area contributed by atoms with E-state index in [0.29, 0.717) is 24.2 Å². The maximum atomic E-state index is 12.6. The summed E-state index contributed by atoms with van der Waals surface area (Å²) in [5, 5.41) is 0.915. The number of benzene rings is 1. The number of hydrogen-bond acceptors (Lipinski definition) is 5. The first-order valence-electron chi connectivity index (χ1n) is 12.8. The number of rotatable bonds is 8. The number of hydrogen-bond donors (Lipinski definition) is 2. The minimum Gasteiger partial charge on any atom is -0.494 e. The summed E-state index contributed by atoms with van der Waals surface area (Å²) >= 11 is 0. The van der Waals surface area contributed by atoms with Crippen LogP contribution in [0.3, 0.4) is 0 Å². The van der Waals surface area contributed by atoms with Gasteiger partial charge >= 0.3 is 5.69 Å². The summed E-state index contributed by atoms with van der Waals surface area (Å²) in [6, 6.07) is 7.62. The standard InChI is InChI=1S/C26H35N5O3/c32-24(31-13-11-30(12-14-31)18-19-6-2-1-3-7-19)8-4-5-15-34-21-9-10-22-20(16-21)17-23-25(27-22)29-26(33)28-23/h9-10,16-17,19H,1-8,11-15,18H2,(H2,27,28,29,33). The highest BCUT2D eigenvalue weighted by molar-refractivity contribution is 5.90. The van der Waals surface area contributed by atoms with Gasteiger partial charge in [0.1, 0.15) is 5.75 Å². The van der Waals surface area contributed by atoms with Crippen LogP contribution in [0.1, 0.15) is 51.4 Å². The largest absolute Gasteiger partial charge is 0.494 e.